The standard InChI is InChI=1S/C40H50F2N2O6/c1-34(2,3)50-33(49)43-38-19-37(20-38,21-38)15-23-6-8-25(9-7-23)44-17-24-12-27-28-14-30(41)29-13-26(46)10-11-35(29,4)40(28,42)31(47)16-36(27,5)39(24,22-44)32(48)18-45/h6-11,13,24,27-28,30-31,45,47H,12,14-22H2,1-5H3,(H,43,49)/t24-,27-,28-,30-,31-,35-,36-,37?,38?,39+,40-/m0/s1. The van der Waals surface area contributed by atoms with E-state index >= 15 is 8.78 Å². The predicted octanol–water partition coefficient (Wildman–Crippen LogP) is 5.59. The third-order valence-corrected chi connectivity index (χ3v) is 14.6. The zero-order valence-electron chi connectivity index (χ0n) is 29.7. The van der Waals surface area contributed by atoms with Crippen LogP contribution in [0.15, 0.2) is 48.1 Å². The zero-order valence-corrected chi connectivity index (χ0v) is 29.7. The molecule has 2 bridgehead atoms. The number of carbonyl (C=O) groups is 3. The van der Waals surface area contributed by atoms with Crippen molar-refractivity contribution >= 4 is 23.3 Å². The van der Waals surface area contributed by atoms with Crippen LogP contribution in [0.5, 0.6) is 0 Å². The third kappa shape index (κ3) is 4.42. The molecule has 0 aromatic heterocycles. The number of benzene rings is 1. The van der Waals surface area contributed by atoms with Gasteiger partial charge in [-0.1, -0.05) is 25.1 Å². The molecule has 8 nitrogen and oxygen atoms in total. The summed E-state index contributed by atoms with van der Waals surface area (Å²) in [6.45, 7) is 9.34. The first kappa shape index (κ1) is 34.0. The Balaban J connectivity index is 1.000. The van der Waals surface area contributed by atoms with Gasteiger partial charge in [-0.2, -0.15) is 0 Å². The fourth-order valence-corrected chi connectivity index (χ4v) is 12.7. The number of aliphatic hydroxyl groups excluding tert-OH is 2. The molecule has 1 saturated heterocycles. The molecule has 0 spiro atoms. The minimum absolute atomic E-state index is 0.00759. The van der Waals surface area contributed by atoms with Gasteiger partial charge in [0.05, 0.1) is 11.5 Å². The van der Waals surface area contributed by atoms with Crippen LogP contribution in [0.4, 0.5) is 19.3 Å². The van der Waals surface area contributed by atoms with Crippen molar-refractivity contribution in [2.45, 2.75) is 109 Å². The maximum atomic E-state index is 17.7. The summed E-state index contributed by atoms with van der Waals surface area (Å²) in [5, 5.41) is 25.2. The number of anilines is 1. The second-order valence-corrected chi connectivity index (χ2v) is 18.5. The van der Waals surface area contributed by atoms with Crippen molar-refractivity contribution in [1.82, 2.24) is 5.32 Å². The molecule has 0 radical (unpaired) electrons. The fraction of sp³-hybridized carbons (Fsp3) is 0.675. The first-order valence-electron chi connectivity index (χ1n) is 18.3. The van der Waals surface area contributed by atoms with Gasteiger partial charge in [0.25, 0.3) is 0 Å². The number of amides is 1. The van der Waals surface area contributed by atoms with E-state index in [1.165, 1.54) is 23.8 Å². The number of fused-ring (bicyclic) bond motifs is 7. The van der Waals surface area contributed by atoms with E-state index in [-0.39, 0.29) is 58.9 Å². The van der Waals surface area contributed by atoms with Gasteiger partial charge in [-0.05, 0) is 131 Å². The highest BCUT2D eigenvalue weighted by atomic mass is 19.1. The van der Waals surface area contributed by atoms with Gasteiger partial charge in [-0.25, -0.2) is 13.6 Å². The van der Waals surface area contributed by atoms with Crippen LogP contribution in [-0.4, -0.2) is 76.7 Å². The molecule has 50 heavy (non-hydrogen) atoms. The lowest BCUT2D eigenvalue weighted by atomic mass is 9.38. The second kappa shape index (κ2) is 10.5. The molecule has 9 rings (SSSR count). The number of carbonyl (C=O) groups excluding carboxylic acids is 3. The van der Waals surface area contributed by atoms with Crippen molar-refractivity contribution in [2.24, 2.45) is 39.4 Å². The highest BCUT2D eigenvalue weighted by Gasteiger charge is 2.78. The Morgan fingerprint density at radius 3 is 2.40 bits per heavy atom. The number of ether oxygens (including phenoxy) is 1. The summed E-state index contributed by atoms with van der Waals surface area (Å²) < 4.78 is 39.1. The quantitative estimate of drug-likeness (QED) is 0.356. The average Bonchev–Trinajstić information content (AvgIpc) is 3.50. The number of Topliss-reactive ketones (excluding diaryl/α,β-unsaturated/α-hetero) is 1. The first-order chi connectivity index (χ1) is 23.3. The lowest BCUT2D eigenvalue weighted by Gasteiger charge is -2.70. The number of ketones is 2. The highest BCUT2D eigenvalue weighted by molar-refractivity contribution is 6.01. The summed E-state index contributed by atoms with van der Waals surface area (Å²) in [5.74, 6) is -2.13. The van der Waals surface area contributed by atoms with Crippen molar-refractivity contribution in [3.05, 3.63) is 53.6 Å². The number of hydrogen-bond acceptors (Lipinski definition) is 7. The van der Waals surface area contributed by atoms with Gasteiger partial charge < -0.3 is 25.2 Å². The Kier molecular flexibility index (Phi) is 7.13. The van der Waals surface area contributed by atoms with Crippen molar-refractivity contribution in [2.75, 3.05) is 24.6 Å². The largest absolute Gasteiger partial charge is 0.444 e. The molecule has 6 saturated carbocycles. The van der Waals surface area contributed by atoms with Gasteiger partial charge in [-0.3, -0.25) is 9.59 Å². The van der Waals surface area contributed by atoms with E-state index < -0.39 is 52.3 Å². The van der Waals surface area contributed by atoms with Crippen molar-refractivity contribution in [3.8, 4) is 0 Å². The minimum Gasteiger partial charge on any atom is -0.444 e. The molecule has 0 unspecified atom stereocenters. The molecule has 1 amide bonds. The molecule has 1 heterocycles. The highest BCUT2D eigenvalue weighted by Crippen LogP contribution is 2.74. The van der Waals surface area contributed by atoms with Gasteiger partial charge in [-0.15, -0.1) is 0 Å². The van der Waals surface area contributed by atoms with Crippen molar-refractivity contribution in [3.63, 3.8) is 0 Å². The van der Waals surface area contributed by atoms with E-state index in [2.05, 4.69) is 34.5 Å². The van der Waals surface area contributed by atoms with Crippen LogP contribution in [0.25, 0.3) is 0 Å². The smallest absolute Gasteiger partial charge is 0.408 e. The van der Waals surface area contributed by atoms with Crippen LogP contribution in [0, 0.1) is 39.4 Å². The van der Waals surface area contributed by atoms with Gasteiger partial charge in [0.2, 0.25) is 0 Å². The lowest BCUT2D eigenvalue weighted by Crippen LogP contribution is -2.75. The number of aliphatic hydroxyl groups is 2. The molecule has 9 atom stereocenters. The Labute approximate surface area is 292 Å². The molecule has 1 aliphatic heterocycles. The molecule has 1 aromatic carbocycles. The summed E-state index contributed by atoms with van der Waals surface area (Å²) >= 11 is 0. The first-order valence-corrected chi connectivity index (χ1v) is 18.3. The minimum atomic E-state index is -2.20. The van der Waals surface area contributed by atoms with Crippen molar-refractivity contribution in [1.29, 1.82) is 0 Å². The van der Waals surface area contributed by atoms with Crippen LogP contribution in [0.1, 0.15) is 78.7 Å². The second-order valence-electron chi connectivity index (χ2n) is 18.5. The van der Waals surface area contributed by atoms with Crippen LogP contribution in [0.2, 0.25) is 0 Å². The van der Waals surface area contributed by atoms with Gasteiger partial charge >= 0.3 is 6.09 Å². The number of halogens is 2. The molecule has 7 fully saturated rings. The molecule has 270 valence electrons. The summed E-state index contributed by atoms with van der Waals surface area (Å²) in [4.78, 5) is 40.7. The zero-order chi connectivity index (χ0) is 35.9. The SMILES string of the molecule is CC(C)(C)OC(=O)NC12CC(Cc3ccc(N4C[C@@H]5C[C@H]6[C@@H]7C[C@H](F)C8=CC(=O)C=C[C@]8(C)[C@@]7(F)[C@@H](O)C[C@]6(C)[C@]5(C(=O)CO)C4)cc3)(C1)C2. The third-order valence-electron chi connectivity index (χ3n) is 14.6. The number of allylic oxidation sites excluding steroid dienone is 4. The molecular formula is C40H50F2N2O6. The van der Waals surface area contributed by atoms with Crippen LogP contribution in [-0.2, 0) is 20.7 Å². The summed E-state index contributed by atoms with van der Waals surface area (Å²) in [6, 6.07) is 8.41. The number of nitrogens with zero attached hydrogens (tertiary/aromatic N) is 1. The number of hydrogen-bond donors (Lipinski definition) is 3. The number of alkyl halides is 2. The Bertz CT molecular complexity index is 1700. The normalized spacial score (nSPS) is 45.3. The van der Waals surface area contributed by atoms with Gasteiger partial charge in [0.15, 0.2) is 17.2 Å². The summed E-state index contributed by atoms with van der Waals surface area (Å²) in [6.07, 6.45) is 4.59. The Morgan fingerprint density at radius 1 is 1.08 bits per heavy atom. The van der Waals surface area contributed by atoms with Crippen LogP contribution < -0.4 is 10.2 Å². The van der Waals surface area contributed by atoms with Crippen molar-refractivity contribution < 1.29 is 38.1 Å². The Hall–Kier alpha value is -3.11. The van der Waals surface area contributed by atoms with E-state index in [1.54, 1.807) is 6.92 Å². The molecule has 1 aromatic rings. The summed E-state index contributed by atoms with van der Waals surface area (Å²) in [5.41, 5.74) is -3.82. The van der Waals surface area contributed by atoms with Gasteiger partial charge in [0.1, 0.15) is 18.4 Å². The summed E-state index contributed by atoms with van der Waals surface area (Å²) in [7, 11) is 0. The number of rotatable bonds is 6. The van der Waals surface area contributed by atoms with Gasteiger partial charge in [0, 0.05) is 35.6 Å². The number of nitrogens with one attached hydrogen (secondary N) is 1. The van der Waals surface area contributed by atoms with E-state index in [0.29, 0.717) is 19.5 Å². The lowest BCUT2D eigenvalue weighted by molar-refractivity contribution is -0.210. The average molecular weight is 693 g/mol. The topological polar surface area (TPSA) is 116 Å². The molecule has 8 aliphatic rings. The van der Waals surface area contributed by atoms with Crippen LogP contribution in [0.3, 0.4) is 0 Å². The number of alkyl carbamates (subject to hydrolysis) is 1. The predicted molar refractivity (Wildman–Crippen MR) is 183 cm³/mol. The van der Waals surface area contributed by atoms with E-state index in [4.69, 9.17) is 4.74 Å². The van der Waals surface area contributed by atoms with Crippen LogP contribution >= 0.6 is 0 Å². The van der Waals surface area contributed by atoms with E-state index in [9.17, 15) is 24.6 Å². The van der Waals surface area contributed by atoms with E-state index in [1.807, 2.05) is 27.7 Å². The Morgan fingerprint density at radius 2 is 1.76 bits per heavy atom. The molecular weight excluding hydrogens is 642 g/mol. The maximum Gasteiger partial charge on any atom is 0.408 e. The maximum absolute atomic E-state index is 17.7. The monoisotopic (exact) mass is 692 g/mol. The van der Waals surface area contributed by atoms with E-state index in [0.717, 1.165) is 31.4 Å². The molecule has 10 heteroatoms. The molecule has 7 aliphatic carbocycles. The fourth-order valence-electron chi connectivity index (χ4n) is 12.7. The molecule has 3 N–H and O–H groups in total.